The van der Waals surface area contributed by atoms with Crippen molar-refractivity contribution >= 4 is 65.7 Å². The van der Waals surface area contributed by atoms with E-state index in [1.807, 2.05) is 0 Å². The average Bonchev–Trinajstić information content (AvgIpc) is 4.00. The fraction of sp³-hybridized carbons (Fsp3) is 0.227. The molecule has 10 rings (SSSR count). The van der Waals surface area contributed by atoms with Gasteiger partial charge in [0, 0.05) is 0 Å². The number of para-hydroxylation sites is 2. The third kappa shape index (κ3) is 5.09. The molecule has 6 aromatic rings. The first-order valence-corrected chi connectivity index (χ1v) is 31.3. The molecule has 0 saturated heterocycles. The number of H-pyrrole nitrogens is 1. The Kier molecular flexibility index (Phi) is 8.01. The first-order valence-electron chi connectivity index (χ1n) is 17.7. The molecular formula is C44H43Cl2NSiZr. The maximum atomic E-state index is 3.82. The fourth-order valence-electron chi connectivity index (χ4n) is 9.88. The van der Waals surface area contributed by atoms with Crippen molar-refractivity contribution in [2.75, 3.05) is 0 Å². The number of hydrogen-bond donors (Lipinski definition) is 1. The van der Waals surface area contributed by atoms with E-state index in [0.717, 1.165) is 11.8 Å². The van der Waals surface area contributed by atoms with Crippen LogP contribution in [0.5, 0.6) is 0 Å². The van der Waals surface area contributed by atoms with Gasteiger partial charge in [0.05, 0.1) is 0 Å². The third-order valence-electron chi connectivity index (χ3n) is 12.1. The first-order chi connectivity index (χ1) is 22.9. The molecule has 5 heteroatoms. The average molecular weight is 776 g/mol. The van der Waals surface area contributed by atoms with Crippen molar-refractivity contribution in [1.29, 1.82) is 0 Å². The van der Waals surface area contributed by atoms with E-state index in [1.165, 1.54) is 80.9 Å². The Bertz CT molecular complexity index is 2420. The van der Waals surface area contributed by atoms with Crippen molar-refractivity contribution in [3.8, 4) is 22.3 Å². The van der Waals surface area contributed by atoms with Gasteiger partial charge in [0.15, 0.2) is 0 Å². The molecule has 0 amide bonds. The van der Waals surface area contributed by atoms with Crippen LogP contribution in [0.4, 0.5) is 0 Å². The van der Waals surface area contributed by atoms with Gasteiger partial charge in [0.25, 0.3) is 0 Å². The van der Waals surface area contributed by atoms with E-state index in [-0.39, 0.29) is 24.8 Å². The van der Waals surface area contributed by atoms with Gasteiger partial charge in [-0.1, -0.05) is 0 Å². The Labute approximate surface area is 304 Å². The van der Waals surface area contributed by atoms with Crippen LogP contribution in [-0.2, 0) is 17.4 Å². The molecule has 4 aliphatic carbocycles. The number of hydrogen-bond acceptors (Lipinski definition) is 0. The van der Waals surface area contributed by atoms with Crippen LogP contribution in [0.3, 0.4) is 0 Å². The van der Waals surface area contributed by atoms with E-state index in [4.69, 9.17) is 0 Å². The molecule has 4 aliphatic rings. The monoisotopic (exact) mass is 773 g/mol. The van der Waals surface area contributed by atoms with E-state index in [2.05, 4.69) is 142 Å². The van der Waals surface area contributed by atoms with Crippen LogP contribution in [0.1, 0.15) is 55.2 Å². The van der Waals surface area contributed by atoms with Crippen LogP contribution in [0.25, 0.3) is 56.2 Å². The molecule has 1 N–H and O–H groups in total. The summed E-state index contributed by atoms with van der Waals surface area (Å²) in [7, 11) is 0. The standard InChI is InChI=1S/C24H18N.C18H15.2CH3.2ClH.H2Si.Zr/c1-2-10-23-19(6-1)21-9-4-8-20(24(21)25-23)18-7-3-5-16-13-17(14-22(16)18)15-11-12-15;1-2-5-14(6-3-1)17-8-4-7-15-11-16(12-18(15)17)13-9-10-13;;;;;;/h1-10,13-15,25H,11-12H2;1-8,11-13H,9-10H2;2*1H3;2*1H;1H2;. The number of allylic oxidation sites excluding steroid dienone is 2. The molecule has 2 fully saturated rings. The van der Waals surface area contributed by atoms with Gasteiger partial charge in [0.1, 0.15) is 0 Å². The number of halogens is 2. The zero-order valence-electron chi connectivity index (χ0n) is 28.2. The van der Waals surface area contributed by atoms with Crippen molar-refractivity contribution in [3.63, 3.8) is 0 Å². The molecule has 2 atom stereocenters. The van der Waals surface area contributed by atoms with Crippen molar-refractivity contribution in [1.82, 2.24) is 4.98 Å². The second-order valence-electron chi connectivity index (χ2n) is 16.0. The Morgan fingerprint density at radius 2 is 1.06 bits per heavy atom. The Hall–Kier alpha value is -2.94. The minimum atomic E-state index is -3.70. The van der Waals surface area contributed by atoms with Crippen molar-refractivity contribution in [2.24, 2.45) is 11.8 Å². The molecule has 0 spiro atoms. The summed E-state index contributed by atoms with van der Waals surface area (Å²) >= 11 is -3.70. The Morgan fingerprint density at radius 3 is 1.69 bits per heavy atom. The van der Waals surface area contributed by atoms with Gasteiger partial charge in [-0.05, 0) is 0 Å². The number of aromatic nitrogens is 1. The van der Waals surface area contributed by atoms with Crippen LogP contribution in [-0.4, -0.2) is 11.9 Å². The maximum absolute atomic E-state index is 3.82. The Morgan fingerprint density at radius 1 is 0.551 bits per heavy atom. The van der Waals surface area contributed by atoms with E-state index in [9.17, 15) is 0 Å². The molecule has 5 aromatic carbocycles. The van der Waals surface area contributed by atoms with Gasteiger partial charge in [-0.15, -0.1) is 24.8 Å². The molecule has 1 heterocycles. The quantitative estimate of drug-likeness (QED) is 0.162. The summed E-state index contributed by atoms with van der Waals surface area (Å²) < 4.78 is 6.83. The molecule has 2 saturated carbocycles. The molecule has 0 aliphatic heterocycles. The zero-order chi connectivity index (χ0) is 31.5. The number of aromatic amines is 1. The summed E-state index contributed by atoms with van der Waals surface area (Å²) in [5.41, 5.74) is 17.8. The predicted octanol–water partition coefficient (Wildman–Crippen LogP) is 12.2. The van der Waals surface area contributed by atoms with Gasteiger partial charge >= 0.3 is 282 Å². The molecule has 2 unspecified atom stereocenters. The molecule has 0 bridgehead atoms. The normalized spacial score (nSPS) is 19.9. The van der Waals surface area contributed by atoms with Gasteiger partial charge in [0.2, 0.25) is 0 Å². The first kappa shape index (κ1) is 33.2. The SMILES string of the molecule is Cl.Cl.[CH3][Zr]([CH3])(=[SiH2])([CH]1C(C2CC2)=Cc2c(-c3ccccc3)cccc21)[CH]1C(C2CC2)=Cc2c(-c3cccc4c3[nH]c3ccccc34)cccc21. The summed E-state index contributed by atoms with van der Waals surface area (Å²) in [5.74, 6) is 1.50. The van der Waals surface area contributed by atoms with Gasteiger partial charge in [-0.2, -0.15) is 0 Å². The summed E-state index contributed by atoms with van der Waals surface area (Å²) in [6.45, 7) is 2.52. The summed E-state index contributed by atoms with van der Waals surface area (Å²) in [5, 5.41) is 2.63. The molecule has 1 aromatic heterocycles. The van der Waals surface area contributed by atoms with E-state index < -0.39 is 17.4 Å². The fourth-order valence-corrected chi connectivity index (χ4v) is 29.3. The number of rotatable bonds is 6. The van der Waals surface area contributed by atoms with Crippen molar-refractivity contribution < 1.29 is 17.4 Å². The van der Waals surface area contributed by atoms with Gasteiger partial charge in [-0.25, -0.2) is 0 Å². The van der Waals surface area contributed by atoms with Crippen LogP contribution in [0.15, 0.2) is 120 Å². The van der Waals surface area contributed by atoms with E-state index >= 15 is 0 Å². The molecule has 246 valence electrons. The van der Waals surface area contributed by atoms with Gasteiger partial charge < -0.3 is 0 Å². The zero-order valence-corrected chi connectivity index (χ0v) is 33.7. The van der Waals surface area contributed by atoms with E-state index in [0.29, 0.717) is 7.25 Å². The van der Waals surface area contributed by atoms with Crippen LogP contribution in [0.2, 0.25) is 9.26 Å². The minimum absolute atomic E-state index is 0. The topological polar surface area (TPSA) is 15.8 Å². The Balaban J connectivity index is 0.00000174. The summed E-state index contributed by atoms with van der Waals surface area (Å²) in [4.78, 5) is 3.82. The van der Waals surface area contributed by atoms with Crippen LogP contribution in [0, 0.1) is 11.8 Å². The summed E-state index contributed by atoms with van der Waals surface area (Å²) in [6.07, 6.45) is 10.8. The second-order valence-corrected chi connectivity index (χ2v) is 46.5. The predicted molar refractivity (Wildman–Crippen MR) is 215 cm³/mol. The number of fused-ring (bicyclic) bond motifs is 5. The van der Waals surface area contributed by atoms with E-state index in [1.54, 1.807) is 22.3 Å². The number of nitrogens with one attached hydrogen (secondary N) is 1. The second kappa shape index (κ2) is 11.8. The molecule has 49 heavy (non-hydrogen) atoms. The summed E-state index contributed by atoms with van der Waals surface area (Å²) in [6, 6.07) is 41.2. The number of benzene rings is 5. The molecule has 0 radical (unpaired) electrons. The molecule has 1 nitrogen and oxygen atoms in total. The van der Waals surface area contributed by atoms with Crippen molar-refractivity contribution in [2.45, 2.75) is 42.2 Å². The van der Waals surface area contributed by atoms with Crippen LogP contribution < -0.4 is 0 Å². The third-order valence-corrected chi connectivity index (χ3v) is 29.4. The van der Waals surface area contributed by atoms with Crippen LogP contribution >= 0.6 is 24.8 Å². The van der Waals surface area contributed by atoms with Gasteiger partial charge in [-0.3, -0.25) is 0 Å². The van der Waals surface area contributed by atoms with Crippen molar-refractivity contribution in [3.05, 3.63) is 143 Å². The molecular weight excluding hydrogens is 733 g/mol.